The molecule has 15 heteroatoms. The van der Waals surface area contributed by atoms with E-state index in [1.165, 1.54) is 0 Å². The number of carbonyl (C=O) groups is 5. The van der Waals surface area contributed by atoms with Crippen LogP contribution < -0.4 is 21.7 Å². The first-order chi connectivity index (χ1) is 16.4. The quantitative estimate of drug-likeness (QED) is 0.215. The van der Waals surface area contributed by atoms with Crippen LogP contribution in [0.25, 0.3) is 0 Å². The van der Waals surface area contributed by atoms with Crippen molar-refractivity contribution in [3.8, 4) is 0 Å². The molecule has 0 aromatic rings. The van der Waals surface area contributed by atoms with Crippen molar-refractivity contribution in [1.29, 1.82) is 0 Å². The van der Waals surface area contributed by atoms with Crippen LogP contribution in [-0.4, -0.2) is 67.3 Å². The first-order valence-corrected chi connectivity index (χ1v) is 10.8. The molecule has 5 N–H and O–H groups in total. The summed E-state index contributed by atoms with van der Waals surface area (Å²) in [5, 5.41) is 6.93. The standard InChI is InChI=1S/C21H29F5N4O6/c1-20(2,3)8-13(30-18(34)11(27)7-14(31)16(22)23)19(35)29-12(6-10-4-5-28-17(10)33)15(32)9-36-21(24,25)26/h7,10,12-13,16H,4-6,8-9,27H2,1-3H3,(H,28,33)(H,29,35)(H,30,34)/t10-,12-,13-/m0/s1. The minimum absolute atomic E-state index is 0.0788. The van der Waals surface area contributed by atoms with Crippen LogP contribution in [-0.2, 0) is 28.7 Å². The summed E-state index contributed by atoms with van der Waals surface area (Å²) in [5.41, 5.74) is 3.83. The van der Waals surface area contributed by atoms with Crippen molar-refractivity contribution in [2.45, 2.75) is 64.9 Å². The number of nitrogens with two attached hydrogens (primary N) is 1. The van der Waals surface area contributed by atoms with Gasteiger partial charge in [-0.05, 0) is 24.7 Å². The van der Waals surface area contributed by atoms with Gasteiger partial charge in [0.2, 0.25) is 17.6 Å². The lowest BCUT2D eigenvalue weighted by Gasteiger charge is -2.28. The van der Waals surface area contributed by atoms with Crippen LogP contribution in [0.3, 0.4) is 0 Å². The third kappa shape index (κ3) is 11.1. The van der Waals surface area contributed by atoms with E-state index in [0.717, 1.165) is 0 Å². The third-order valence-electron chi connectivity index (χ3n) is 4.98. The molecule has 1 aliphatic heterocycles. The maximum Gasteiger partial charge on any atom is 0.522 e. The molecule has 0 aromatic heterocycles. The number of ketones is 2. The monoisotopic (exact) mass is 528 g/mol. The lowest BCUT2D eigenvalue weighted by atomic mass is 9.87. The van der Waals surface area contributed by atoms with Crippen molar-refractivity contribution in [2.75, 3.05) is 13.2 Å². The van der Waals surface area contributed by atoms with Crippen molar-refractivity contribution in [2.24, 2.45) is 17.1 Å². The Bertz CT molecular complexity index is 885. The fourth-order valence-corrected chi connectivity index (χ4v) is 3.30. The third-order valence-corrected chi connectivity index (χ3v) is 4.98. The summed E-state index contributed by atoms with van der Waals surface area (Å²) < 4.78 is 65.7. The summed E-state index contributed by atoms with van der Waals surface area (Å²) in [6, 6.07) is -3.00. The Morgan fingerprint density at radius 3 is 2.22 bits per heavy atom. The van der Waals surface area contributed by atoms with E-state index < -0.39 is 77.8 Å². The zero-order chi connectivity index (χ0) is 27.8. The lowest BCUT2D eigenvalue weighted by Crippen LogP contribution is -2.54. The second-order valence-electron chi connectivity index (χ2n) is 9.37. The predicted molar refractivity (Wildman–Crippen MR) is 114 cm³/mol. The molecule has 0 spiro atoms. The molecular weight excluding hydrogens is 499 g/mol. The van der Waals surface area contributed by atoms with E-state index >= 15 is 0 Å². The van der Waals surface area contributed by atoms with E-state index in [4.69, 9.17) is 5.73 Å². The number of hydrogen-bond acceptors (Lipinski definition) is 7. The lowest BCUT2D eigenvalue weighted by molar-refractivity contribution is -0.321. The highest BCUT2D eigenvalue weighted by molar-refractivity contribution is 6.03. The zero-order valence-corrected chi connectivity index (χ0v) is 19.8. The molecule has 1 heterocycles. The number of rotatable bonds is 12. The first-order valence-electron chi connectivity index (χ1n) is 10.8. The highest BCUT2D eigenvalue weighted by atomic mass is 19.4. The Morgan fingerprint density at radius 2 is 1.75 bits per heavy atom. The average Bonchev–Trinajstić information content (AvgIpc) is 3.13. The van der Waals surface area contributed by atoms with E-state index in [-0.39, 0.29) is 31.9 Å². The molecule has 1 fully saturated rings. The molecule has 1 rings (SSSR count). The Kier molecular flexibility index (Phi) is 10.9. The predicted octanol–water partition coefficient (Wildman–Crippen LogP) is 0.701. The van der Waals surface area contributed by atoms with Crippen LogP contribution in [0.5, 0.6) is 0 Å². The molecule has 10 nitrogen and oxygen atoms in total. The summed E-state index contributed by atoms with van der Waals surface area (Å²) in [7, 11) is 0. The number of halogens is 5. The largest absolute Gasteiger partial charge is 0.522 e. The van der Waals surface area contributed by atoms with Crippen LogP contribution in [0.1, 0.15) is 40.0 Å². The maximum atomic E-state index is 13.0. The molecule has 0 saturated carbocycles. The van der Waals surface area contributed by atoms with Gasteiger partial charge < -0.3 is 21.7 Å². The van der Waals surface area contributed by atoms with Crippen molar-refractivity contribution < 1.29 is 50.7 Å². The van der Waals surface area contributed by atoms with Crippen LogP contribution in [0.2, 0.25) is 0 Å². The van der Waals surface area contributed by atoms with Crippen LogP contribution in [0.15, 0.2) is 11.8 Å². The van der Waals surface area contributed by atoms with Gasteiger partial charge in [0.25, 0.3) is 12.3 Å². The number of nitrogens with one attached hydrogen (secondary N) is 3. The molecule has 1 aliphatic rings. The average molecular weight is 528 g/mol. The number of amides is 3. The van der Waals surface area contributed by atoms with Gasteiger partial charge in [0.15, 0.2) is 5.78 Å². The minimum Gasteiger partial charge on any atom is -0.394 e. The first kappa shape index (κ1) is 30.9. The van der Waals surface area contributed by atoms with E-state index in [9.17, 15) is 45.9 Å². The van der Waals surface area contributed by atoms with Crippen LogP contribution in [0, 0.1) is 11.3 Å². The second kappa shape index (κ2) is 12.7. The highest BCUT2D eigenvalue weighted by Crippen LogP contribution is 2.23. The summed E-state index contributed by atoms with van der Waals surface area (Å²) >= 11 is 0. The molecule has 0 aliphatic carbocycles. The SMILES string of the molecule is CC(C)(C)C[C@H](NC(=O)C(N)=CC(=O)C(F)F)C(=O)N[C@@H](C[C@@H]1CCNC1=O)C(=O)COC(F)(F)F. The Balaban J connectivity index is 3.10. The van der Waals surface area contributed by atoms with E-state index in [1.54, 1.807) is 20.8 Å². The maximum absolute atomic E-state index is 13.0. The minimum atomic E-state index is -5.11. The molecular formula is C21H29F5N4O6. The molecule has 3 atom stereocenters. The van der Waals surface area contributed by atoms with Gasteiger partial charge >= 0.3 is 6.36 Å². The van der Waals surface area contributed by atoms with Gasteiger partial charge in [-0.3, -0.25) is 28.7 Å². The van der Waals surface area contributed by atoms with Crippen LogP contribution >= 0.6 is 0 Å². The van der Waals surface area contributed by atoms with Gasteiger partial charge in [-0.25, -0.2) is 8.78 Å². The zero-order valence-electron chi connectivity index (χ0n) is 19.8. The molecule has 0 radical (unpaired) electrons. The van der Waals surface area contributed by atoms with Gasteiger partial charge in [0, 0.05) is 18.5 Å². The van der Waals surface area contributed by atoms with Gasteiger partial charge in [-0.1, -0.05) is 20.8 Å². The number of Topliss-reactive ketones (excluding diaryl/α,β-unsaturated/α-hetero) is 1. The molecule has 0 unspecified atom stereocenters. The van der Waals surface area contributed by atoms with Crippen molar-refractivity contribution in [3.05, 3.63) is 11.8 Å². The normalized spacial score (nSPS) is 18.4. The van der Waals surface area contributed by atoms with Crippen LogP contribution in [0.4, 0.5) is 22.0 Å². The molecule has 3 amide bonds. The number of ether oxygens (including phenoxy) is 1. The topological polar surface area (TPSA) is 157 Å². The fourth-order valence-electron chi connectivity index (χ4n) is 3.30. The van der Waals surface area contributed by atoms with E-state index in [0.29, 0.717) is 0 Å². The summed E-state index contributed by atoms with van der Waals surface area (Å²) in [6.45, 7) is 3.90. The summed E-state index contributed by atoms with van der Waals surface area (Å²) in [5.74, 6) is -6.34. The smallest absolute Gasteiger partial charge is 0.394 e. The molecule has 204 valence electrons. The Morgan fingerprint density at radius 1 is 1.14 bits per heavy atom. The van der Waals surface area contributed by atoms with Gasteiger partial charge in [-0.2, -0.15) is 0 Å². The Labute approximate surface area is 203 Å². The Hall–Kier alpha value is -3.10. The highest BCUT2D eigenvalue weighted by Gasteiger charge is 2.36. The number of carbonyl (C=O) groups excluding carboxylic acids is 5. The second-order valence-corrected chi connectivity index (χ2v) is 9.37. The molecule has 0 aromatic carbocycles. The van der Waals surface area contributed by atoms with Crippen molar-refractivity contribution >= 4 is 29.3 Å². The van der Waals surface area contributed by atoms with Gasteiger partial charge in [0.1, 0.15) is 18.3 Å². The fraction of sp³-hybridized carbons (Fsp3) is 0.667. The van der Waals surface area contributed by atoms with E-state index in [2.05, 4.69) is 20.7 Å². The van der Waals surface area contributed by atoms with E-state index in [1.807, 2.05) is 0 Å². The van der Waals surface area contributed by atoms with Gasteiger partial charge in [0.05, 0.1) is 6.04 Å². The summed E-state index contributed by atoms with van der Waals surface area (Å²) in [6.07, 6.45) is -8.45. The number of allylic oxidation sites excluding steroid dienone is 1. The molecule has 0 bridgehead atoms. The number of hydrogen-bond donors (Lipinski definition) is 4. The molecule has 1 saturated heterocycles. The number of alkyl halides is 5. The summed E-state index contributed by atoms with van der Waals surface area (Å²) in [4.78, 5) is 60.8. The van der Waals surface area contributed by atoms with Crippen molar-refractivity contribution in [1.82, 2.24) is 16.0 Å². The molecule has 36 heavy (non-hydrogen) atoms. The van der Waals surface area contributed by atoms with Crippen molar-refractivity contribution in [3.63, 3.8) is 0 Å². The van der Waals surface area contributed by atoms with Gasteiger partial charge in [-0.15, -0.1) is 13.2 Å².